The molecule has 1 saturated heterocycles. The molecule has 3 aromatic heterocycles. The van der Waals surface area contributed by atoms with Crippen molar-refractivity contribution in [3.8, 4) is 17.1 Å². The van der Waals surface area contributed by atoms with Gasteiger partial charge in [-0.15, -0.1) is 0 Å². The first-order valence-corrected chi connectivity index (χ1v) is 13.4. The van der Waals surface area contributed by atoms with Crippen molar-refractivity contribution in [1.82, 2.24) is 29.7 Å². The van der Waals surface area contributed by atoms with Crippen LogP contribution in [-0.2, 0) is 13.1 Å². The van der Waals surface area contributed by atoms with Gasteiger partial charge in [-0.25, -0.2) is 15.0 Å². The first-order chi connectivity index (χ1) is 18.5. The topological polar surface area (TPSA) is 97.2 Å². The average Bonchev–Trinajstić information content (AvgIpc) is 3.37. The molecule has 0 spiro atoms. The predicted octanol–water partition coefficient (Wildman–Crippen LogP) is 4.10. The van der Waals surface area contributed by atoms with Crippen LogP contribution in [0, 0.1) is 0 Å². The van der Waals surface area contributed by atoms with Gasteiger partial charge in [0.25, 0.3) is 5.91 Å². The number of carbonyl (C=O) groups excluding carboxylic acids is 1. The Morgan fingerprint density at radius 1 is 1.03 bits per heavy atom. The monoisotopic (exact) mass is 511 g/mol. The minimum absolute atomic E-state index is 0.116. The molecular formula is C29H33N7O2. The summed E-state index contributed by atoms with van der Waals surface area (Å²) < 4.78 is 8.39. The SMILES string of the molecule is CC(C)N1CCC(Oc2cc(C(=O)Nc3cc4cc(-c5cnc6n5CCNC6)ccc4cn3)ccn2)CC1. The van der Waals surface area contributed by atoms with E-state index < -0.39 is 0 Å². The van der Waals surface area contributed by atoms with E-state index in [-0.39, 0.29) is 12.0 Å². The molecule has 0 unspecified atom stereocenters. The molecule has 1 fully saturated rings. The van der Waals surface area contributed by atoms with Gasteiger partial charge in [0.2, 0.25) is 5.88 Å². The van der Waals surface area contributed by atoms with Gasteiger partial charge in [-0.3, -0.25) is 4.79 Å². The van der Waals surface area contributed by atoms with Crippen molar-refractivity contribution in [2.24, 2.45) is 0 Å². The summed E-state index contributed by atoms with van der Waals surface area (Å²) >= 11 is 0. The van der Waals surface area contributed by atoms with Crippen LogP contribution in [0.5, 0.6) is 5.88 Å². The van der Waals surface area contributed by atoms with Crippen LogP contribution in [0.25, 0.3) is 22.0 Å². The van der Waals surface area contributed by atoms with E-state index in [0.717, 1.165) is 73.4 Å². The molecule has 196 valence electrons. The molecule has 6 rings (SSSR count). The number of hydrogen-bond donors (Lipinski definition) is 2. The highest BCUT2D eigenvalue weighted by atomic mass is 16.5. The molecule has 5 heterocycles. The second-order valence-corrected chi connectivity index (χ2v) is 10.3. The van der Waals surface area contributed by atoms with Crippen LogP contribution >= 0.6 is 0 Å². The summed E-state index contributed by atoms with van der Waals surface area (Å²) in [7, 11) is 0. The van der Waals surface area contributed by atoms with Gasteiger partial charge in [-0.2, -0.15) is 0 Å². The molecule has 1 amide bonds. The first-order valence-electron chi connectivity index (χ1n) is 13.4. The molecule has 0 atom stereocenters. The Kier molecular flexibility index (Phi) is 6.78. The number of pyridine rings is 2. The molecule has 2 aliphatic heterocycles. The van der Waals surface area contributed by atoms with E-state index in [1.165, 1.54) is 0 Å². The van der Waals surface area contributed by atoms with Crippen molar-refractivity contribution >= 4 is 22.5 Å². The summed E-state index contributed by atoms with van der Waals surface area (Å²) in [5.74, 6) is 1.79. The lowest BCUT2D eigenvalue weighted by Crippen LogP contribution is -2.41. The molecule has 2 N–H and O–H groups in total. The van der Waals surface area contributed by atoms with E-state index in [4.69, 9.17) is 4.74 Å². The van der Waals surface area contributed by atoms with Crippen LogP contribution in [0.1, 0.15) is 42.9 Å². The third-order valence-corrected chi connectivity index (χ3v) is 7.48. The van der Waals surface area contributed by atoms with Crippen molar-refractivity contribution in [3.63, 3.8) is 0 Å². The van der Waals surface area contributed by atoms with E-state index in [2.05, 4.69) is 67.1 Å². The van der Waals surface area contributed by atoms with Crippen LogP contribution < -0.4 is 15.4 Å². The summed E-state index contributed by atoms with van der Waals surface area (Å²) in [5.41, 5.74) is 2.69. The molecule has 0 radical (unpaired) electrons. The molecule has 2 aliphatic rings. The van der Waals surface area contributed by atoms with E-state index in [9.17, 15) is 4.79 Å². The predicted molar refractivity (Wildman–Crippen MR) is 147 cm³/mol. The van der Waals surface area contributed by atoms with Crippen LogP contribution in [0.3, 0.4) is 0 Å². The maximum Gasteiger partial charge on any atom is 0.257 e. The number of fused-ring (bicyclic) bond motifs is 2. The molecule has 4 aromatic rings. The Hall–Kier alpha value is -3.82. The van der Waals surface area contributed by atoms with E-state index in [1.54, 1.807) is 24.5 Å². The van der Waals surface area contributed by atoms with Gasteiger partial charge >= 0.3 is 0 Å². The number of amides is 1. The van der Waals surface area contributed by atoms with E-state index in [0.29, 0.717) is 23.3 Å². The number of nitrogens with zero attached hydrogens (tertiary/aromatic N) is 5. The summed E-state index contributed by atoms with van der Waals surface area (Å²) in [6, 6.07) is 12.1. The zero-order chi connectivity index (χ0) is 26.1. The molecule has 0 saturated carbocycles. The lowest BCUT2D eigenvalue weighted by Gasteiger charge is -2.34. The Balaban J connectivity index is 1.16. The number of benzene rings is 1. The highest BCUT2D eigenvalue weighted by Gasteiger charge is 2.23. The van der Waals surface area contributed by atoms with Crippen molar-refractivity contribution in [1.29, 1.82) is 0 Å². The highest BCUT2D eigenvalue weighted by Crippen LogP contribution is 2.27. The van der Waals surface area contributed by atoms with Gasteiger partial charge in [0.15, 0.2) is 0 Å². The third kappa shape index (κ3) is 5.12. The molecule has 38 heavy (non-hydrogen) atoms. The molecule has 9 nitrogen and oxygen atoms in total. The third-order valence-electron chi connectivity index (χ3n) is 7.48. The van der Waals surface area contributed by atoms with Crippen LogP contribution in [0.2, 0.25) is 0 Å². The van der Waals surface area contributed by atoms with Crippen LogP contribution in [0.4, 0.5) is 5.82 Å². The number of rotatable bonds is 6. The quantitative estimate of drug-likeness (QED) is 0.402. The lowest BCUT2D eigenvalue weighted by molar-refractivity contribution is 0.0810. The Morgan fingerprint density at radius 2 is 1.89 bits per heavy atom. The molecule has 1 aromatic carbocycles. The average molecular weight is 512 g/mol. The van der Waals surface area contributed by atoms with E-state index >= 15 is 0 Å². The maximum absolute atomic E-state index is 13.1. The standard InChI is InChI=1S/C29H33N7O2/c1-19(2)35-10-6-24(7-11-35)38-28-15-21(5-8-31-28)29(37)34-26-14-23-13-20(3-4-22(23)16-32-26)25-17-33-27-18-30-9-12-36(25)27/h3-5,8,13-17,19,24,30H,6-7,9-12,18H2,1-2H3,(H,32,34,37). The number of likely N-dealkylation sites (tertiary alicyclic amines) is 1. The number of imidazole rings is 1. The second-order valence-electron chi connectivity index (χ2n) is 10.3. The number of nitrogens with one attached hydrogen (secondary N) is 2. The fraction of sp³-hybridized carbons (Fsp3) is 0.379. The summed E-state index contributed by atoms with van der Waals surface area (Å²) in [4.78, 5) is 28.9. The van der Waals surface area contributed by atoms with Gasteiger partial charge < -0.3 is 24.8 Å². The van der Waals surface area contributed by atoms with Gasteiger partial charge in [0.1, 0.15) is 17.7 Å². The van der Waals surface area contributed by atoms with Gasteiger partial charge in [0.05, 0.1) is 18.4 Å². The number of ether oxygens (including phenoxy) is 1. The van der Waals surface area contributed by atoms with Gasteiger partial charge in [-0.1, -0.05) is 12.1 Å². The van der Waals surface area contributed by atoms with E-state index in [1.807, 2.05) is 12.3 Å². The number of hydrogen-bond acceptors (Lipinski definition) is 7. The largest absolute Gasteiger partial charge is 0.474 e. The zero-order valence-electron chi connectivity index (χ0n) is 21.9. The molecule has 9 heteroatoms. The number of anilines is 1. The van der Waals surface area contributed by atoms with Crippen molar-refractivity contribution < 1.29 is 9.53 Å². The summed E-state index contributed by atoms with van der Waals surface area (Å²) in [6.07, 6.45) is 7.37. The van der Waals surface area contributed by atoms with Crippen LogP contribution in [0.15, 0.2) is 55.0 Å². The van der Waals surface area contributed by atoms with Gasteiger partial charge in [-0.05, 0) is 50.3 Å². The number of aromatic nitrogens is 4. The Labute approximate surface area is 222 Å². The van der Waals surface area contributed by atoms with Crippen molar-refractivity contribution in [2.75, 3.05) is 25.0 Å². The molecule has 0 aliphatic carbocycles. The van der Waals surface area contributed by atoms with Crippen LogP contribution in [-0.4, -0.2) is 62.1 Å². The molecule has 0 bridgehead atoms. The number of carbonyl (C=O) groups is 1. The van der Waals surface area contributed by atoms with Crippen molar-refractivity contribution in [2.45, 2.75) is 51.9 Å². The fourth-order valence-electron chi connectivity index (χ4n) is 5.28. The van der Waals surface area contributed by atoms with Crippen molar-refractivity contribution in [3.05, 3.63) is 66.4 Å². The minimum atomic E-state index is -0.243. The highest BCUT2D eigenvalue weighted by molar-refractivity contribution is 6.04. The second kappa shape index (κ2) is 10.5. The summed E-state index contributed by atoms with van der Waals surface area (Å²) in [6.45, 7) is 9.08. The zero-order valence-corrected chi connectivity index (χ0v) is 21.9. The molecular weight excluding hydrogens is 478 g/mol. The first kappa shape index (κ1) is 24.5. The number of piperidine rings is 1. The smallest absolute Gasteiger partial charge is 0.257 e. The minimum Gasteiger partial charge on any atom is -0.474 e. The maximum atomic E-state index is 13.1. The van der Waals surface area contributed by atoms with Gasteiger partial charge in [0, 0.05) is 67.2 Å². The summed E-state index contributed by atoms with van der Waals surface area (Å²) in [5, 5.41) is 8.31. The fourth-order valence-corrected chi connectivity index (χ4v) is 5.28. The Morgan fingerprint density at radius 3 is 2.74 bits per heavy atom. The normalized spacial score (nSPS) is 16.5. The Bertz CT molecular complexity index is 1460. The lowest BCUT2D eigenvalue weighted by atomic mass is 10.1.